The van der Waals surface area contributed by atoms with Gasteiger partial charge in [0, 0.05) is 23.4 Å². The number of piperidine rings is 1. The molecule has 1 saturated heterocycles. The third-order valence-electron chi connectivity index (χ3n) is 4.24. The van der Waals surface area contributed by atoms with E-state index in [-0.39, 0.29) is 0 Å². The Morgan fingerprint density at radius 3 is 2.70 bits per heavy atom. The van der Waals surface area contributed by atoms with Gasteiger partial charge in [0.1, 0.15) is 5.82 Å². The van der Waals surface area contributed by atoms with Crippen LogP contribution in [0.4, 0.5) is 11.8 Å². The molecule has 0 atom stereocenters. The highest BCUT2D eigenvalue weighted by atomic mass is 32.1. The van der Waals surface area contributed by atoms with Gasteiger partial charge in [0.2, 0.25) is 5.95 Å². The number of anilines is 2. The molecule has 3 heterocycles. The number of hydrogen-bond acceptors (Lipinski definition) is 5. The van der Waals surface area contributed by atoms with Gasteiger partial charge in [-0.05, 0) is 42.8 Å². The molecule has 0 aliphatic carbocycles. The van der Waals surface area contributed by atoms with Gasteiger partial charge in [0.05, 0.1) is 12.1 Å². The van der Waals surface area contributed by atoms with Crippen LogP contribution in [0.5, 0.6) is 0 Å². The third-order valence-corrected chi connectivity index (χ3v) is 5.12. The lowest BCUT2D eigenvalue weighted by Crippen LogP contribution is -2.30. The van der Waals surface area contributed by atoms with Crippen molar-refractivity contribution in [3.8, 4) is 0 Å². The molecular formula is C18H20N4S. The summed E-state index contributed by atoms with van der Waals surface area (Å²) in [5.41, 5.74) is 1.01. The highest BCUT2D eigenvalue weighted by Crippen LogP contribution is 2.27. The van der Waals surface area contributed by atoms with Gasteiger partial charge in [-0.1, -0.05) is 18.2 Å². The molecule has 2 aromatic heterocycles. The summed E-state index contributed by atoms with van der Waals surface area (Å²) < 4.78 is 0. The molecular weight excluding hydrogens is 304 g/mol. The molecule has 23 heavy (non-hydrogen) atoms. The summed E-state index contributed by atoms with van der Waals surface area (Å²) in [6.07, 6.45) is 3.82. The van der Waals surface area contributed by atoms with Crippen LogP contribution in [0.25, 0.3) is 10.9 Å². The van der Waals surface area contributed by atoms with Crippen LogP contribution in [0.1, 0.15) is 24.1 Å². The van der Waals surface area contributed by atoms with E-state index in [1.54, 1.807) is 11.3 Å². The van der Waals surface area contributed by atoms with E-state index in [4.69, 9.17) is 4.98 Å². The summed E-state index contributed by atoms with van der Waals surface area (Å²) in [6.45, 7) is 2.95. The largest absolute Gasteiger partial charge is 0.356 e. The van der Waals surface area contributed by atoms with E-state index in [0.29, 0.717) is 0 Å². The minimum atomic E-state index is 0.720. The molecule has 3 aromatic rings. The predicted octanol–water partition coefficient (Wildman–Crippen LogP) is 4.29. The fourth-order valence-corrected chi connectivity index (χ4v) is 3.71. The Balaban J connectivity index is 1.67. The monoisotopic (exact) mass is 324 g/mol. The van der Waals surface area contributed by atoms with Crippen LogP contribution in [0.3, 0.4) is 0 Å². The van der Waals surface area contributed by atoms with Crippen molar-refractivity contribution in [1.29, 1.82) is 0 Å². The zero-order chi connectivity index (χ0) is 15.5. The lowest BCUT2D eigenvalue weighted by atomic mass is 10.1. The smallest absolute Gasteiger partial charge is 0.225 e. The Labute approximate surface area is 140 Å². The molecule has 4 rings (SSSR count). The van der Waals surface area contributed by atoms with Crippen molar-refractivity contribution in [2.24, 2.45) is 0 Å². The summed E-state index contributed by atoms with van der Waals surface area (Å²) in [7, 11) is 0. The SMILES string of the molecule is c1csc(CNc2nc(N3CCCCC3)c3ccccc3n2)c1. The van der Waals surface area contributed by atoms with Gasteiger partial charge >= 0.3 is 0 Å². The van der Waals surface area contributed by atoms with Gasteiger partial charge in [-0.2, -0.15) is 4.98 Å². The molecule has 5 heteroatoms. The van der Waals surface area contributed by atoms with Crippen molar-refractivity contribution in [2.45, 2.75) is 25.8 Å². The minimum absolute atomic E-state index is 0.720. The highest BCUT2D eigenvalue weighted by molar-refractivity contribution is 7.09. The van der Waals surface area contributed by atoms with Crippen LogP contribution in [-0.4, -0.2) is 23.1 Å². The summed E-state index contributed by atoms with van der Waals surface area (Å²) in [6, 6.07) is 12.5. The molecule has 0 unspecified atom stereocenters. The highest BCUT2D eigenvalue weighted by Gasteiger charge is 2.16. The first-order valence-corrected chi connectivity index (χ1v) is 9.06. The molecule has 1 aromatic carbocycles. The van der Waals surface area contributed by atoms with E-state index in [2.05, 4.69) is 50.9 Å². The van der Waals surface area contributed by atoms with Crippen molar-refractivity contribution < 1.29 is 0 Å². The van der Waals surface area contributed by atoms with Crippen LogP contribution in [-0.2, 0) is 6.54 Å². The number of para-hydroxylation sites is 1. The molecule has 1 aliphatic heterocycles. The Bertz CT molecular complexity index is 779. The second-order valence-electron chi connectivity index (χ2n) is 5.87. The van der Waals surface area contributed by atoms with Gasteiger partial charge in [0.25, 0.3) is 0 Å². The maximum atomic E-state index is 4.83. The summed E-state index contributed by atoms with van der Waals surface area (Å²) in [5, 5.41) is 6.62. The summed E-state index contributed by atoms with van der Waals surface area (Å²) in [5.74, 6) is 1.79. The van der Waals surface area contributed by atoms with Crippen LogP contribution < -0.4 is 10.2 Å². The van der Waals surface area contributed by atoms with E-state index in [0.717, 1.165) is 42.3 Å². The molecule has 1 fully saturated rings. The van der Waals surface area contributed by atoms with Crippen molar-refractivity contribution >= 4 is 34.0 Å². The number of nitrogens with one attached hydrogen (secondary N) is 1. The first kappa shape index (κ1) is 14.5. The average Bonchev–Trinajstić information content (AvgIpc) is 3.13. The first-order valence-electron chi connectivity index (χ1n) is 8.18. The molecule has 118 valence electrons. The van der Waals surface area contributed by atoms with Gasteiger partial charge in [-0.25, -0.2) is 4.98 Å². The molecule has 0 radical (unpaired) electrons. The average molecular weight is 324 g/mol. The Morgan fingerprint density at radius 1 is 1.00 bits per heavy atom. The van der Waals surface area contributed by atoms with E-state index in [9.17, 15) is 0 Å². The zero-order valence-electron chi connectivity index (χ0n) is 13.0. The van der Waals surface area contributed by atoms with Gasteiger partial charge < -0.3 is 10.2 Å². The summed E-state index contributed by atoms with van der Waals surface area (Å²) in [4.78, 5) is 13.2. The van der Waals surface area contributed by atoms with Crippen molar-refractivity contribution in [3.63, 3.8) is 0 Å². The van der Waals surface area contributed by atoms with Crippen molar-refractivity contribution in [2.75, 3.05) is 23.3 Å². The maximum absolute atomic E-state index is 4.83. The molecule has 4 nitrogen and oxygen atoms in total. The number of thiophene rings is 1. The van der Waals surface area contributed by atoms with Crippen molar-refractivity contribution in [3.05, 3.63) is 46.7 Å². The second kappa shape index (κ2) is 6.54. The number of benzene rings is 1. The molecule has 1 aliphatic rings. The first-order chi connectivity index (χ1) is 11.4. The quantitative estimate of drug-likeness (QED) is 0.777. The Morgan fingerprint density at radius 2 is 1.87 bits per heavy atom. The fraction of sp³-hybridized carbons (Fsp3) is 0.333. The predicted molar refractivity (Wildman–Crippen MR) is 97.2 cm³/mol. The standard InChI is InChI=1S/C18H20N4S/c1-4-10-22(11-5-1)17-15-8-2-3-9-16(15)20-18(21-17)19-13-14-7-6-12-23-14/h2-3,6-9,12H,1,4-5,10-11,13H2,(H,19,20,21). The Kier molecular flexibility index (Phi) is 4.11. The fourth-order valence-electron chi connectivity index (χ4n) is 3.07. The van der Waals surface area contributed by atoms with E-state index in [1.807, 2.05) is 6.07 Å². The zero-order valence-corrected chi connectivity index (χ0v) is 13.9. The van der Waals surface area contributed by atoms with Gasteiger partial charge in [0.15, 0.2) is 0 Å². The summed E-state index contributed by atoms with van der Waals surface area (Å²) >= 11 is 1.75. The van der Waals surface area contributed by atoms with Gasteiger partial charge in [-0.3, -0.25) is 0 Å². The van der Waals surface area contributed by atoms with E-state index < -0.39 is 0 Å². The molecule has 0 bridgehead atoms. The number of fused-ring (bicyclic) bond motifs is 1. The molecule has 0 spiro atoms. The topological polar surface area (TPSA) is 41.1 Å². The van der Waals surface area contributed by atoms with Crippen LogP contribution in [0, 0.1) is 0 Å². The number of rotatable bonds is 4. The Hall–Kier alpha value is -2.14. The molecule has 0 saturated carbocycles. The third kappa shape index (κ3) is 3.15. The lowest BCUT2D eigenvalue weighted by Gasteiger charge is -2.28. The number of aromatic nitrogens is 2. The van der Waals surface area contributed by atoms with Gasteiger partial charge in [-0.15, -0.1) is 11.3 Å². The maximum Gasteiger partial charge on any atom is 0.225 e. The molecule has 1 N–H and O–H groups in total. The molecule has 0 amide bonds. The van der Waals surface area contributed by atoms with E-state index >= 15 is 0 Å². The van der Waals surface area contributed by atoms with Crippen molar-refractivity contribution in [1.82, 2.24) is 9.97 Å². The number of nitrogens with zero attached hydrogens (tertiary/aromatic N) is 3. The second-order valence-corrected chi connectivity index (χ2v) is 6.90. The number of hydrogen-bond donors (Lipinski definition) is 1. The van der Waals surface area contributed by atoms with Crippen LogP contribution in [0.2, 0.25) is 0 Å². The van der Waals surface area contributed by atoms with Crippen LogP contribution in [0.15, 0.2) is 41.8 Å². The lowest BCUT2D eigenvalue weighted by molar-refractivity contribution is 0.575. The van der Waals surface area contributed by atoms with E-state index in [1.165, 1.54) is 24.1 Å². The minimum Gasteiger partial charge on any atom is -0.356 e. The van der Waals surface area contributed by atoms with Crippen LogP contribution >= 0.6 is 11.3 Å². The normalized spacial score (nSPS) is 15.0.